The largest absolute Gasteiger partial charge is 0.364 e. The third-order valence-electron chi connectivity index (χ3n) is 4.10. The van der Waals surface area contributed by atoms with E-state index in [9.17, 15) is 4.79 Å². The zero-order valence-electron chi connectivity index (χ0n) is 13.2. The Hall–Kier alpha value is -2.61. The average molecular weight is 342 g/mol. The summed E-state index contributed by atoms with van der Waals surface area (Å²) in [7, 11) is 0. The summed E-state index contributed by atoms with van der Waals surface area (Å²) >= 11 is 1.48. The number of aryl methyl sites for hydroxylation is 1. The first-order valence-electron chi connectivity index (χ1n) is 7.94. The molecule has 0 unspecified atom stereocenters. The molecule has 0 saturated heterocycles. The maximum Gasteiger partial charge on any atom is 0.268 e. The van der Waals surface area contributed by atoms with Crippen LogP contribution in [0.5, 0.6) is 0 Å². The number of nitrogens with two attached hydrogens (primary N) is 1. The van der Waals surface area contributed by atoms with E-state index in [1.54, 1.807) is 6.20 Å². The number of hydrogen-bond acceptors (Lipinski definition) is 5. The van der Waals surface area contributed by atoms with E-state index in [0.717, 1.165) is 46.3 Å². The Morgan fingerprint density at radius 1 is 1.46 bits per heavy atom. The van der Waals surface area contributed by atoms with Crippen LogP contribution in [0.2, 0.25) is 0 Å². The molecule has 4 N–H and O–H groups in total. The monoisotopic (exact) mass is 342 g/mol. The fraction of sp³-hybridized carbons (Fsp3) is 0.312. The zero-order chi connectivity index (χ0) is 16.7. The predicted molar refractivity (Wildman–Crippen MR) is 93.5 cm³/mol. The second-order valence-electron chi connectivity index (χ2n) is 5.85. The summed E-state index contributed by atoms with van der Waals surface area (Å²) in [6.07, 6.45) is 6.73. The minimum Gasteiger partial charge on any atom is -0.364 e. The van der Waals surface area contributed by atoms with Gasteiger partial charge >= 0.3 is 0 Å². The van der Waals surface area contributed by atoms with Gasteiger partial charge in [-0.2, -0.15) is 5.10 Å². The number of primary amides is 1. The molecular formula is C16H18N6OS. The summed E-state index contributed by atoms with van der Waals surface area (Å²) < 4.78 is 0. The van der Waals surface area contributed by atoms with Gasteiger partial charge < -0.3 is 15.6 Å². The second kappa shape index (κ2) is 5.79. The van der Waals surface area contributed by atoms with Gasteiger partial charge in [-0.1, -0.05) is 18.3 Å². The van der Waals surface area contributed by atoms with Crippen molar-refractivity contribution in [3.05, 3.63) is 35.9 Å². The number of hydrogen-bond donors (Lipinski definition) is 3. The molecule has 1 saturated carbocycles. The minimum absolute atomic E-state index is 0.314. The van der Waals surface area contributed by atoms with Gasteiger partial charge in [-0.05, 0) is 31.4 Å². The molecule has 1 aliphatic rings. The number of amides is 1. The van der Waals surface area contributed by atoms with Crippen LogP contribution in [0.15, 0.2) is 24.5 Å². The van der Waals surface area contributed by atoms with Crippen LogP contribution in [-0.2, 0) is 6.42 Å². The summed E-state index contributed by atoms with van der Waals surface area (Å²) in [5.41, 5.74) is 8.83. The summed E-state index contributed by atoms with van der Waals surface area (Å²) in [5, 5.41) is 7.64. The Bertz CT molecular complexity index is 861. The lowest BCUT2D eigenvalue weighted by atomic mass is 10.3. The molecular weight excluding hydrogens is 324 g/mol. The molecule has 1 fully saturated rings. The first-order chi connectivity index (χ1) is 11.7. The van der Waals surface area contributed by atoms with E-state index in [1.165, 1.54) is 11.3 Å². The molecule has 4 rings (SSSR count). The second-order valence-corrected chi connectivity index (χ2v) is 6.82. The van der Waals surface area contributed by atoms with E-state index in [2.05, 4.69) is 32.0 Å². The Morgan fingerprint density at radius 3 is 2.88 bits per heavy atom. The van der Waals surface area contributed by atoms with E-state index in [1.807, 2.05) is 18.3 Å². The number of nitrogens with zero attached hydrogens (tertiary/aromatic N) is 3. The molecule has 3 heterocycles. The van der Waals surface area contributed by atoms with Gasteiger partial charge in [-0.25, -0.2) is 4.98 Å². The Morgan fingerprint density at radius 2 is 2.29 bits per heavy atom. The molecule has 0 radical (unpaired) electrons. The van der Waals surface area contributed by atoms with Crippen molar-refractivity contribution in [3.63, 3.8) is 0 Å². The van der Waals surface area contributed by atoms with Crippen LogP contribution in [0.25, 0.3) is 10.6 Å². The number of rotatable bonds is 6. The fourth-order valence-corrected chi connectivity index (χ4v) is 3.87. The molecule has 1 aliphatic carbocycles. The topological polar surface area (TPSA) is 104 Å². The molecule has 1 amide bonds. The molecule has 3 aromatic heterocycles. The maximum absolute atomic E-state index is 11.9. The van der Waals surface area contributed by atoms with Crippen molar-refractivity contribution in [1.82, 2.24) is 20.2 Å². The summed E-state index contributed by atoms with van der Waals surface area (Å²) in [4.78, 5) is 22.7. The maximum atomic E-state index is 11.9. The third kappa shape index (κ3) is 2.58. The van der Waals surface area contributed by atoms with Gasteiger partial charge in [0.1, 0.15) is 0 Å². The summed E-state index contributed by atoms with van der Waals surface area (Å²) in [6.45, 7) is 2.08. The number of anilines is 2. The molecule has 0 bridgehead atoms. The minimum atomic E-state index is -0.511. The lowest BCUT2D eigenvalue weighted by molar-refractivity contribution is 0.0997. The van der Waals surface area contributed by atoms with Crippen molar-refractivity contribution < 1.29 is 4.79 Å². The normalized spacial score (nSPS) is 14.0. The Kier molecular flexibility index (Phi) is 3.61. The molecule has 0 aliphatic heterocycles. The van der Waals surface area contributed by atoms with E-state index < -0.39 is 5.91 Å². The number of H-pyrrole nitrogens is 2. The fourth-order valence-electron chi connectivity index (χ4n) is 2.73. The SMILES string of the molecule is CCc1ccc(-c2sc(N(c3cn[nH]c3)C3CC3)nc2C(N)=O)[nH]1. The van der Waals surface area contributed by atoms with Crippen molar-refractivity contribution in [2.45, 2.75) is 32.2 Å². The zero-order valence-corrected chi connectivity index (χ0v) is 14.1. The lowest BCUT2D eigenvalue weighted by Crippen LogP contribution is -2.19. The Labute approximate surface area is 142 Å². The van der Waals surface area contributed by atoms with Crippen LogP contribution in [0.4, 0.5) is 10.8 Å². The van der Waals surface area contributed by atoms with E-state index in [4.69, 9.17) is 5.73 Å². The van der Waals surface area contributed by atoms with Gasteiger partial charge in [0, 0.05) is 17.9 Å². The molecule has 3 aromatic rings. The first kappa shape index (κ1) is 14.9. The molecule has 24 heavy (non-hydrogen) atoms. The highest BCUT2D eigenvalue weighted by atomic mass is 32.1. The van der Waals surface area contributed by atoms with Crippen LogP contribution in [-0.4, -0.2) is 32.1 Å². The molecule has 0 atom stereocenters. The quantitative estimate of drug-likeness (QED) is 0.641. The number of aromatic amines is 2. The number of thiazole rings is 1. The predicted octanol–water partition coefficient (Wildman–Crippen LogP) is 2.82. The molecule has 0 aromatic carbocycles. The van der Waals surface area contributed by atoms with Crippen LogP contribution < -0.4 is 10.6 Å². The van der Waals surface area contributed by atoms with Crippen LogP contribution in [0.1, 0.15) is 35.9 Å². The number of carbonyl (C=O) groups is 1. The van der Waals surface area contributed by atoms with E-state index in [-0.39, 0.29) is 0 Å². The van der Waals surface area contributed by atoms with Crippen LogP contribution >= 0.6 is 11.3 Å². The first-order valence-corrected chi connectivity index (χ1v) is 8.76. The van der Waals surface area contributed by atoms with E-state index in [0.29, 0.717) is 11.7 Å². The van der Waals surface area contributed by atoms with Crippen molar-refractivity contribution in [2.24, 2.45) is 5.73 Å². The van der Waals surface area contributed by atoms with Crippen molar-refractivity contribution >= 4 is 28.1 Å². The van der Waals surface area contributed by atoms with Gasteiger partial charge in [0.25, 0.3) is 5.91 Å². The summed E-state index contributed by atoms with van der Waals surface area (Å²) in [6, 6.07) is 4.40. The van der Waals surface area contributed by atoms with Crippen LogP contribution in [0, 0.1) is 0 Å². The highest BCUT2D eigenvalue weighted by Gasteiger charge is 2.34. The molecule has 124 valence electrons. The molecule has 7 nitrogen and oxygen atoms in total. The van der Waals surface area contributed by atoms with Gasteiger partial charge in [-0.3, -0.25) is 9.89 Å². The smallest absolute Gasteiger partial charge is 0.268 e. The highest BCUT2D eigenvalue weighted by Crippen LogP contribution is 2.42. The van der Waals surface area contributed by atoms with Gasteiger partial charge in [-0.15, -0.1) is 0 Å². The van der Waals surface area contributed by atoms with Crippen molar-refractivity contribution in [1.29, 1.82) is 0 Å². The van der Waals surface area contributed by atoms with Crippen LogP contribution in [0.3, 0.4) is 0 Å². The number of carbonyl (C=O) groups excluding carboxylic acids is 1. The van der Waals surface area contributed by atoms with Crippen molar-refractivity contribution in [3.8, 4) is 10.6 Å². The van der Waals surface area contributed by atoms with Gasteiger partial charge in [0.15, 0.2) is 10.8 Å². The van der Waals surface area contributed by atoms with Gasteiger partial charge in [0.05, 0.1) is 22.5 Å². The molecule has 8 heteroatoms. The highest BCUT2D eigenvalue weighted by molar-refractivity contribution is 7.19. The lowest BCUT2D eigenvalue weighted by Gasteiger charge is -2.18. The van der Waals surface area contributed by atoms with E-state index >= 15 is 0 Å². The number of nitrogens with one attached hydrogen (secondary N) is 2. The number of aromatic nitrogens is 4. The average Bonchev–Trinajstić information content (AvgIpc) is 3.00. The standard InChI is InChI=1S/C16H18N6OS/c1-2-9-3-6-12(20-9)14-13(15(17)23)21-16(24-14)22(10-4-5-10)11-7-18-19-8-11/h3,6-8,10,20H,2,4-5H2,1H3,(H2,17,23)(H,18,19). The third-order valence-corrected chi connectivity index (χ3v) is 5.19. The molecule has 0 spiro atoms. The summed E-state index contributed by atoms with van der Waals surface area (Å²) in [5.74, 6) is -0.511. The Balaban J connectivity index is 1.79. The van der Waals surface area contributed by atoms with Crippen molar-refractivity contribution in [2.75, 3.05) is 4.90 Å². The van der Waals surface area contributed by atoms with Gasteiger partial charge in [0.2, 0.25) is 0 Å².